The van der Waals surface area contributed by atoms with Crippen molar-refractivity contribution in [3.8, 4) is 11.5 Å². The smallest absolute Gasteiger partial charge is 0.416 e. The van der Waals surface area contributed by atoms with Crippen LogP contribution < -0.4 is 4.74 Å². The normalized spacial score (nSPS) is 12.1. The minimum absolute atomic E-state index is 0.0797. The van der Waals surface area contributed by atoms with Crippen molar-refractivity contribution in [2.24, 2.45) is 0 Å². The van der Waals surface area contributed by atoms with E-state index in [2.05, 4.69) is 0 Å². The van der Waals surface area contributed by atoms with Gasteiger partial charge in [-0.05, 0) is 41.7 Å². The topological polar surface area (TPSA) is 52.4 Å². The molecule has 0 unspecified atom stereocenters. The van der Waals surface area contributed by atoms with Gasteiger partial charge in [0.15, 0.2) is 0 Å². The summed E-state index contributed by atoms with van der Waals surface area (Å²) in [5.41, 5.74) is -0.106. The van der Waals surface area contributed by atoms with Crippen LogP contribution in [0.3, 0.4) is 0 Å². The third kappa shape index (κ3) is 4.29. The molecular weight excluding hydrogens is 335 g/mol. The lowest BCUT2D eigenvalue weighted by Crippen LogP contribution is -2.11. The molecule has 0 heterocycles. The van der Waals surface area contributed by atoms with Gasteiger partial charge in [-0.2, -0.15) is 13.2 Å². The Labute approximate surface area is 143 Å². The van der Waals surface area contributed by atoms with Crippen LogP contribution in [0, 0.1) is 17.0 Å². The van der Waals surface area contributed by atoms with Crippen molar-refractivity contribution in [1.29, 1.82) is 0 Å². The maximum absolute atomic E-state index is 12.7. The van der Waals surface area contributed by atoms with Crippen molar-refractivity contribution in [1.82, 2.24) is 0 Å². The predicted octanol–water partition coefficient (Wildman–Crippen LogP) is 6.01. The first-order chi connectivity index (χ1) is 11.4. The molecular formula is C18H18F3NO3. The molecule has 0 aliphatic heterocycles. The second-order valence-corrected chi connectivity index (χ2v) is 6.77. The van der Waals surface area contributed by atoms with Gasteiger partial charge in [-0.3, -0.25) is 10.1 Å². The summed E-state index contributed by atoms with van der Waals surface area (Å²) in [5.74, 6) is 0.125. The molecule has 2 rings (SSSR count). The number of ether oxygens (including phenoxy) is 1. The lowest BCUT2D eigenvalue weighted by atomic mass is 9.86. The van der Waals surface area contributed by atoms with Gasteiger partial charge in [0.05, 0.1) is 10.5 Å². The van der Waals surface area contributed by atoms with E-state index in [9.17, 15) is 23.3 Å². The number of halogens is 3. The summed E-state index contributed by atoms with van der Waals surface area (Å²) in [4.78, 5) is 10.2. The van der Waals surface area contributed by atoms with E-state index >= 15 is 0 Å². The molecule has 134 valence electrons. The van der Waals surface area contributed by atoms with Gasteiger partial charge >= 0.3 is 11.9 Å². The highest BCUT2D eigenvalue weighted by molar-refractivity contribution is 5.52. The Balaban J connectivity index is 2.42. The van der Waals surface area contributed by atoms with Gasteiger partial charge in [0.25, 0.3) is 0 Å². The molecule has 0 bridgehead atoms. The maximum atomic E-state index is 12.7. The fourth-order valence-electron chi connectivity index (χ4n) is 2.27. The molecule has 0 aliphatic carbocycles. The van der Waals surface area contributed by atoms with E-state index in [1.807, 2.05) is 32.9 Å². The molecule has 0 spiro atoms. The Morgan fingerprint density at radius 2 is 1.52 bits per heavy atom. The Morgan fingerprint density at radius 3 is 2.00 bits per heavy atom. The van der Waals surface area contributed by atoms with Crippen LogP contribution in [0.5, 0.6) is 11.5 Å². The number of nitro groups is 1. The monoisotopic (exact) mass is 353 g/mol. The fraction of sp³-hybridized carbons (Fsp3) is 0.333. The van der Waals surface area contributed by atoms with Gasteiger partial charge in [-0.15, -0.1) is 0 Å². The second kappa shape index (κ2) is 6.38. The molecule has 0 saturated heterocycles. The van der Waals surface area contributed by atoms with Crippen molar-refractivity contribution in [2.45, 2.75) is 39.3 Å². The number of alkyl halides is 3. The number of hydrogen-bond donors (Lipinski definition) is 0. The summed E-state index contributed by atoms with van der Waals surface area (Å²) in [5, 5.41) is 11.1. The average Bonchev–Trinajstić information content (AvgIpc) is 2.47. The summed E-state index contributed by atoms with van der Waals surface area (Å²) in [6, 6.07) is 7.61. The largest absolute Gasteiger partial charge is 0.450 e. The first-order valence-corrected chi connectivity index (χ1v) is 7.54. The standard InChI is InChI=1S/C18H18F3NO3/c1-11-9-12(17(2,3)4)5-7-15(11)25-16-8-6-13(18(19,20)21)10-14(16)22(23)24/h5-10H,1-4H3. The molecule has 7 heteroatoms. The van der Waals surface area contributed by atoms with E-state index < -0.39 is 22.4 Å². The van der Waals surface area contributed by atoms with Crippen LogP contribution in [0.4, 0.5) is 18.9 Å². The van der Waals surface area contributed by atoms with Crippen LogP contribution in [0.2, 0.25) is 0 Å². The molecule has 0 amide bonds. The SMILES string of the molecule is Cc1cc(C(C)(C)C)ccc1Oc1ccc(C(F)(F)F)cc1[N+](=O)[O-]. The summed E-state index contributed by atoms with van der Waals surface area (Å²) in [6.45, 7) is 7.91. The molecule has 0 radical (unpaired) electrons. The molecule has 0 N–H and O–H groups in total. The Hall–Kier alpha value is -2.57. The molecule has 2 aromatic carbocycles. The van der Waals surface area contributed by atoms with E-state index in [-0.39, 0.29) is 11.2 Å². The minimum atomic E-state index is -4.66. The third-order valence-electron chi connectivity index (χ3n) is 3.74. The minimum Gasteiger partial charge on any atom is -0.450 e. The van der Waals surface area contributed by atoms with Gasteiger partial charge in [0.2, 0.25) is 5.75 Å². The van der Waals surface area contributed by atoms with E-state index in [1.54, 1.807) is 13.0 Å². The van der Waals surface area contributed by atoms with Crippen LogP contribution in [0.25, 0.3) is 0 Å². The van der Waals surface area contributed by atoms with Crippen LogP contribution >= 0.6 is 0 Å². The van der Waals surface area contributed by atoms with E-state index in [0.717, 1.165) is 23.3 Å². The fourth-order valence-corrected chi connectivity index (χ4v) is 2.27. The molecule has 4 nitrogen and oxygen atoms in total. The number of benzene rings is 2. The number of hydrogen-bond acceptors (Lipinski definition) is 3. The number of aryl methyl sites for hydroxylation is 1. The Kier molecular flexibility index (Phi) is 4.79. The second-order valence-electron chi connectivity index (χ2n) is 6.77. The first kappa shape index (κ1) is 18.8. The summed E-state index contributed by atoms with van der Waals surface area (Å²) < 4.78 is 43.8. The Morgan fingerprint density at radius 1 is 0.960 bits per heavy atom. The summed E-state index contributed by atoms with van der Waals surface area (Å²) in [7, 11) is 0. The molecule has 25 heavy (non-hydrogen) atoms. The van der Waals surface area contributed by atoms with Crippen molar-refractivity contribution in [2.75, 3.05) is 0 Å². The van der Waals surface area contributed by atoms with Crippen LogP contribution in [-0.4, -0.2) is 4.92 Å². The number of rotatable bonds is 3. The quantitative estimate of drug-likeness (QED) is 0.501. The zero-order valence-electron chi connectivity index (χ0n) is 14.3. The average molecular weight is 353 g/mol. The van der Waals surface area contributed by atoms with E-state index in [1.165, 1.54) is 0 Å². The first-order valence-electron chi connectivity index (χ1n) is 7.54. The van der Waals surface area contributed by atoms with Crippen molar-refractivity contribution >= 4 is 5.69 Å². The molecule has 0 aliphatic rings. The predicted molar refractivity (Wildman–Crippen MR) is 88.1 cm³/mol. The van der Waals surface area contributed by atoms with Gasteiger partial charge in [-0.25, -0.2) is 0 Å². The van der Waals surface area contributed by atoms with Crippen LogP contribution in [-0.2, 0) is 11.6 Å². The van der Waals surface area contributed by atoms with Gasteiger partial charge in [-0.1, -0.05) is 32.9 Å². The zero-order chi connectivity index (χ0) is 19.0. The van der Waals surface area contributed by atoms with E-state index in [4.69, 9.17) is 4.74 Å². The molecule has 0 atom stereocenters. The van der Waals surface area contributed by atoms with Gasteiger partial charge < -0.3 is 4.74 Å². The molecule has 0 saturated carbocycles. The highest BCUT2D eigenvalue weighted by atomic mass is 19.4. The molecule has 0 aromatic heterocycles. The van der Waals surface area contributed by atoms with Gasteiger partial charge in [0.1, 0.15) is 5.75 Å². The van der Waals surface area contributed by atoms with Crippen LogP contribution in [0.15, 0.2) is 36.4 Å². The van der Waals surface area contributed by atoms with Crippen molar-refractivity contribution in [3.63, 3.8) is 0 Å². The zero-order valence-corrected chi connectivity index (χ0v) is 14.3. The highest BCUT2D eigenvalue weighted by Crippen LogP contribution is 2.39. The number of nitro benzene ring substituents is 1. The number of nitrogens with zero attached hydrogens (tertiary/aromatic N) is 1. The molecule has 0 fully saturated rings. The van der Waals surface area contributed by atoms with Crippen molar-refractivity contribution < 1.29 is 22.8 Å². The maximum Gasteiger partial charge on any atom is 0.416 e. The van der Waals surface area contributed by atoms with E-state index in [0.29, 0.717) is 11.8 Å². The highest BCUT2D eigenvalue weighted by Gasteiger charge is 2.33. The van der Waals surface area contributed by atoms with Gasteiger partial charge in [0, 0.05) is 6.07 Å². The van der Waals surface area contributed by atoms with Crippen LogP contribution in [0.1, 0.15) is 37.5 Å². The van der Waals surface area contributed by atoms with Crippen molar-refractivity contribution in [3.05, 3.63) is 63.2 Å². The molecule has 2 aromatic rings. The Bertz CT molecular complexity index is 808. The third-order valence-corrected chi connectivity index (χ3v) is 3.74. The summed E-state index contributed by atoms with van der Waals surface area (Å²) >= 11 is 0. The lowest BCUT2D eigenvalue weighted by molar-refractivity contribution is -0.385. The summed E-state index contributed by atoms with van der Waals surface area (Å²) in [6.07, 6.45) is -4.66. The lowest BCUT2D eigenvalue weighted by Gasteiger charge is -2.20.